The summed E-state index contributed by atoms with van der Waals surface area (Å²) in [4.78, 5) is 13.5. The second-order valence-electron chi connectivity index (χ2n) is 7.10. The van der Waals surface area contributed by atoms with Crippen molar-refractivity contribution in [1.82, 2.24) is 4.90 Å². The SMILES string of the molecule is CN(CCCOc1ccc2ccc(=O)oc2c1)CC1COc2cc(O)ccc2O1. The molecule has 29 heavy (non-hydrogen) atoms. The minimum Gasteiger partial charge on any atom is -0.508 e. The monoisotopic (exact) mass is 397 g/mol. The van der Waals surface area contributed by atoms with Gasteiger partial charge in [-0.3, -0.25) is 0 Å². The van der Waals surface area contributed by atoms with E-state index in [9.17, 15) is 9.90 Å². The number of phenolic OH excluding ortho intramolecular Hbond substituents is 1. The van der Waals surface area contributed by atoms with E-state index < -0.39 is 0 Å². The number of nitrogens with zero attached hydrogens (tertiary/aromatic N) is 1. The van der Waals surface area contributed by atoms with Crippen molar-refractivity contribution in [2.75, 3.05) is 33.4 Å². The van der Waals surface area contributed by atoms with Crippen LogP contribution >= 0.6 is 0 Å². The van der Waals surface area contributed by atoms with Crippen molar-refractivity contribution in [3.8, 4) is 23.0 Å². The molecule has 1 aliphatic rings. The smallest absolute Gasteiger partial charge is 0.336 e. The Hall–Kier alpha value is -3.19. The molecule has 1 unspecified atom stereocenters. The Morgan fingerprint density at radius 1 is 1.14 bits per heavy atom. The summed E-state index contributed by atoms with van der Waals surface area (Å²) in [6.45, 7) is 2.56. The number of phenols is 1. The Balaban J connectivity index is 1.22. The van der Waals surface area contributed by atoms with Crippen molar-refractivity contribution in [3.05, 3.63) is 59.0 Å². The summed E-state index contributed by atoms with van der Waals surface area (Å²) in [5.74, 6) is 2.07. The summed E-state index contributed by atoms with van der Waals surface area (Å²) in [6.07, 6.45) is 0.770. The Morgan fingerprint density at radius 3 is 2.90 bits per heavy atom. The number of rotatable bonds is 7. The first kappa shape index (κ1) is 19.1. The van der Waals surface area contributed by atoms with Crippen LogP contribution in [0, 0.1) is 0 Å². The summed E-state index contributed by atoms with van der Waals surface area (Å²) >= 11 is 0. The molecule has 1 atom stereocenters. The predicted octanol–water partition coefficient (Wildman–Crippen LogP) is 3.04. The van der Waals surface area contributed by atoms with Crippen LogP contribution in [-0.4, -0.2) is 49.5 Å². The summed E-state index contributed by atoms with van der Waals surface area (Å²) in [6, 6.07) is 13.5. The first-order valence-electron chi connectivity index (χ1n) is 9.54. The highest BCUT2D eigenvalue weighted by Gasteiger charge is 2.22. The van der Waals surface area contributed by atoms with E-state index in [0.29, 0.717) is 36.0 Å². The van der Waals surface area contributed by atoms with Crippen LogP contribution in [0.3, 0.4) is 0 Å². The molecule has 0 spiro atoms. The third kappa shape index (κ3) is 4.81. The second-order valence-corrected chi connectivity index (χ2v) is 7.10. The van der Waals surface area contributed by atoms with Crippen LogP contribution in [0.15, 0.2) is 57.7 Å². The molecular formula is C22H23NO6. The molecule has 0 saturated carbocycles. The number of hydrogen-bond donors (Lipinski definition) is 1. The molecule has 3 aromatic rings. The van der Waals surface area contributed by atoms with E-state index in [2.05, 4.69) is 4.90 Å². The molecule has 1 aliphatic heterocycles. The molecule has 2 heterocycles. The van der Waals surface area contributed by atoms with Crippen LogP contribution < -0.4 is 19.8 Å². The van der Waals surface area contributed by atoms with Gasteiger partial charge >= 0.3 is 5.63 Å². The van der Waals surface area contributed by atoms with Crippen molar-refractivity contribution in [1.29, 1.82) is 0 Å². The third-order valence-corrected chi connectivity index (χ3v) is 4.71. The molecule has 0 amide bonds. The molecule has 0 fully saturated rings. The van der Waals surface area contributed by atoms with E-state index in [4.69, 9.17) is 18.6 Å². The van der Waals surface area contributed by atoms with E-state index in [-0.39, 0.29) is 17.5 Å². The lowest BCUT2D eigenvalue weighted by molar-refractivity contribution is 0.0640. The molecule has 2 aromatic carbocycles. The highest BCUT2D eigenvalue weighted by atomic mass is 16.6. The third-order valence-electron chi connectivity index (χ3n) is 4.71. The quantitative estimate of drug-likeness (QED) is 0.485. The van der Waals surface area contributed by atoms with Crippen molar-refractivity contribution in [3.63, 3.8) is 0 Å². The number of fused-ring (bicyclic) bond motifs is 2. The van der Waals surface area contributed by atoms with Crippen molar-refractivity contribution in [2.45, 2.75) is 12.5 Å². The highest BCUT2D eigenvalue weighted by molar-refractivity contribution is 5.77. The van der Waals surface area contributed by atoms with E-state index in [1.807, 2.05) is 19.2 Å². The minimum atomic E-state index is -0.371. The van der Waals surface area contributed by atoms with E-state index in [0.717, 1.165) is 24.9 Å². The Kier molecular flexibility index (Phi) is 5.57. The van der Waals surface area contributed by atoms with Gasteiger partial charge < -0.3 is 28.6 Å². The molecule has 7 heteroatoms. The molecule has 1 aromatic heterocycles. The van der Waals surface area contributed by atoms with Gasteiger partial charge in [-0.05, 0) is 43.8 Å². The fraction of sp³-hybridized carbons (Fsp3) is 0.318. The fourth-order valence-electron chi connectivity index (χ4n) is 3.29. The van der Waals surface area contributed by atoms with E-state index >= 15 is 0 Å². The van der Waals surface area contributed by atoms with Gasteiger partial charge in [-0.1, -0.05) is 0 Å². The normalized spacial score (nSPS) is 15.6. The van der Waals surface area contributed by atoms with Crippen molar-refractivity contribution < 1.29 is 23.7 Å². The average molecular weight is 397 g/mol. The van der Waals surface area contributed by atoms with Crippen molar-refractivity contribution in [2.24, 2.45) is 0 Å². The first-order valence-corrected chi connectivity index (χ1v) is 9.54. The van der Waals surface area contributed by atoms with Crippen LogP contribution in [0.25, 0.3) is 11.0 Å². The Bertz CT molecular complexity index is 1050. The lowest BCUT2D eigenvalue weighted by Crippen LogP contribution is -2.39. The predicted molar refractivity (Wildman–Crippen MR) is 108 cm³/mol. The van der Waals surface area contributed by atoms with Gasteiger partial charge in [0.2, 0.25) is 0 Å². The van der Waals surface area contributed by atoms with Gasteiger partial charge in [0.15, 0.2) is 11.5 Å². The maximum absolute atomic E-state index is 11.3. The van der Waals surface area contributed by atoms with E-state index in [1.54, 1.807) is 30.3 Å². The number of hydrogen-bond acceptors (Lipinski definition) is 7. The Morgan fingerprint density at radius 2 is 2.00 bits per heavy atom. The molecule has 0 saturated heterocycles. The van der Waals surface area contributed by atoms with Gasteiger partial charge in [0.1, 0.15) is 29.8 Å². The van der Waals surface area contributed by atoms with Gasteiger partial charge in [-0.2, -0.15) is 0 Å². The maximum Gasteiger partial charge on any atom is 0.336 e. The zero-order valence-corrected chi connectivity index (χ0v) is 16.2. The lowest BCUT2D eigenvalue weighted by atomic mass is 10.2. The molecule has 1 N–H and O–H groups in total. The minimum absolute atomic E-state index is 0.0682. The zero-order valence-electron chi connectivity index (χ0n) is 16.2. The summed E-state index contributed by atoms with van der Waals surface area (Å²) in [5.41, 5.74) is 0.153. The van der Waals surface area contributed by atoms with Crippen molar-refractivity contribution >= 4 is 11.0 Å². The molecule has 7 nitrogen and oxygen atoms in total. The van der Waals surface area contributed by atoms with Crippen LogP contribution in [0.5, 0.6) is 23.0 Å². The molecule has 0 bridgehead atoms. The standard InChI is InChI=1S/C22H23NO6/c1-23(13-18-14-27-21-11-16(24)5-7-19(21)28-18)9-2-10-26-17-6-3-15-4-8-22(25)29-20(15)12-17/h3-8,11-12,18,24H,2,9-10,13-14H2,1H3. The molecule has 0 radical (unpaired) electrons. The average Bonchev–Trinajstić information content (AvgIpc) is 2.71. The molecule has 152 valence electrons. The van der Waals surface area contributed by atoms with Gasteiger partial charge in [0, 0.05) is 36.7 Å². The number of benzene rings is 2. The largest absolute Gasteiger partial charge is 0.508 e. The van der Waals surface area contributed by atoms with Gasteiger partial charge in [-0.15, -0.1) is 0 Å². The number of ether oxygens (including phenoxy) is 3. The van der Waals surface area contributed by atoms with Crippen LogP contribution in [0.1, 0.15) is 6.42 Å². The first-order chi connectivity index (χ1) is 14.1. The summed E-state index contributed by atoms with van der Waals surface area (Å²) in [7, 11) is 2.03. The fourth-order valence-corrected chi connectivity index (χ4v) is 3.29. The molecule has 0 aliphatic carbocycles. The van der Waals surface area contributed by atoms with Gasteiger partial charge in [0.25, 0.3) is 0 Å². The molecule has 4 rings (SSSR count). The summed E-state index contributed by atoms with van der Waals surface area (Å²) in [5, 5.41) is 10.4. The Labute approximate surface area is 168 Å². The van der Waals surface area contributed by atoms with Gasteiger partial charge in [-0.25, -0.2) is 4.79 Å². The van der Waals surface area contributed by atoms with Crippen LogP contribution in [-0.2, 0) is 0 Å². The lowest BCUT2D eigenvalue weighted by Gasteiger charge is -2.29. The number of likely N-dealkylation sites (N-methyl/N-ethyl adjacent to an activating group) is 1. The maximum atomic E-state index is 11.3. The van der Waals surface area contributed by atoms with Gasteiger partial charge in [0.05, 0.1) is 6.61 Å². The summed E-state index contributed by atoms with van der Waals surface area (Å²) < 4.78 is 22.6. The second kappa shape index (κ2) is 8.45. The topological polar surface area (TPSA) is 81.4 Å². The van der Waals surface area contributed by atoms with E-state index in [1.165, 1.54) is 6.07 Å². The number of aromatic hydroxyl groups is 1. The van der Waals surface area contributed by atoms with Crippen LogP contribution in [0.2, 0.25) is 0 Å². The van der Waals surface area contributed by atoms with Crippen LogP contribution in [0.4, 0.5) is 0 Å². The highest BCUT2D eigenvalue weighted by Crippen LogP contribution is 2.34. The molecular weight excluding hydrogens is 374 g/mol. The zero-order chi connectivity index (χ0) is 20.2.